The second kappa shape index (κ2) is 7.48. The molecular formula is C18H22N4O3. The molecule has 0 spiro atoms. The minimum absolute atomic E-state index is 0.0463. The van der Waals surface area contributed by atoms with Gasteiger partial charge in [-0.15, -0.1) is 0 Å². The summed E-state index contributed by atoms with van der Waals surface area (Å²) in [6.07, 6.45) is 1.50. The maximum Gasteiger partial charge on any atom is 0.273 e. The number of piperidine rings is 1. The second-order valence-corrected chi connectivity index (χ2v) is 6.32. The fourth-order valence-corrected chi connectivity index (χ4v) is 3.23. The summed E-state index contributed by atoms with van der Waals surface area (Å²) >= 11 is 0. The number of hydrogen-bond donors (Lipinski definition) is 2. The molecule has 1 aromatic heterocycles. The van der Waals surface area contributed by atoms with Crippen molar-refractivity contribution in [3.63, 3.8) is 0 Å². The number of hydrogen-bond acceptors (Lipinski definition) is 5. The van der Waals surface area contributed by atoms with Gasteiger partial charge in [0.2, 0.25) is 5.91 Å². The van der Waals surface area contributed by atoms with Gasteiger partial charge in [0.25, 0.3) is 5.91 Å². The monoisotopic (exact) mass is 342 g/mol. The molecular weight excluding hydrogens is 320 g/mol. The van der Waals surface area contributed by atoms with Crippen LogP contribution in [0, 0.1) is 6.92 Å². The minimum atomic E-state index is -0.434. The van der Waals surface area contributed by atoms with Gasteiger partial charge in [-0.2, -0.15) is 0 Å². The molecule has 0 radical (unpaired) electrons. The zero-order valence-electron chi connectivity index (χ0n) is 14.1. The highest BCUT2D eigenvalue weighted by molar-refractivity contribution is 5.92. The van der Waals surface area contributed by atoms with Crippen LogP contribution in [0.25, 0.3) is 0 Å². The number of carbonyl (C=O) groups excluding carboxylic acids is 2. The number of aromatic nitrogens is 1. The molecule has 2 amide bonds. The van der Waals surface area contributed by atoms with Gasteiger partial charge >= 0.3 is 0 Å². The van der Waals surface area contributed by atoms with Gasteiger partial charge in [0, 0.05) is 25.2 Å². The highest BCUT2D eigenvalue weighted by Gasteiger charge is 2.30. The van der Waals surface area contributed by atoms with E-state index in [9.17, 15) is 9.59 Å². The predicted molar refractivity (Wildman–Crippen MR) is 91.7 cm³/mol. The molecule has 0 saturated carbocycles. The lowest BCUT2D eigenvalue weighted by Crippen LogP contribution is -2.48. The number of primary amides is 1. The van der Waals surface area contributed by atoms with Crippen LogP contribution in [0.4, 0.5) is 0 Å². The first-order valence-corrected chi connectivity index (χ1v) is 8.37. The third kappa shape index (κ3) is 4.06. The molecule has 1 aliphatic heterocycles. The fourth-order valence-electron chi connectivity index (χ4n) is 3.23. The van der Waals surface area contributed by atoms with Gasteiger partial charge in [0.15, 0.2) is 5.69 Å². The van der Waals surface area contributed by atoms with Gasteiger partial charge in [-0.25, -0.2) is 0 Å². The van der Waals surface area contributed by atoms with E-state index < -0.39 is 6.04 Å². The van der Waals surface area contributed by atoms with E-state index in [0.29, 0.717) is 24.5 Å². The number of likely N-dealkylation sites (tertiary alicyclic amines) is 1. The first-order valence-electron chi connectivity index (χ1n) is 8.37. The van der Waals surface area contributed by atoms with Crippen LogP contribution in [0.15, 0.2) is 40.9 Å². The van der Waals surface area contributed by atoms with Gasteiger partial charge in [-0.05, 0) is 25.3 Å². The number of benzene rings is 1. The molecule has 7 nitrogen and oxygen atoms in total. The first kappa shape index (κ1) is 17.2. The quantitative estimate of drug-likeness (QED) is 0.855. The van der Waals surface area contributed by atoms with E-state index in [2.05, 4.69) is 15.4 Å². The number of carbonyl (C=O) groups is 2. The summed E-state index contributed by atoms with van der Waals surface area (Å²) in [7, 11) is 0. The molecule has 3 rings (SSSR count). The van der Waals surface area contributed by atoms with E-state index >= 15 is 0 Å². The predicted octanol–water partition coefficient (Wildman–Crippen LogP) is 1.40. The lowest BCUT2D eigenvalue weighted by Gasteiger charge is -2.36. The van der Waals surface area contributed by atoms with Crippen molar-refractivity contribution in [1.29, 1.82) is 0 Å². The number of nitrogens with two attached hydrogens (primary N) is 1. The molecule has 7 heteroatoms. The molecule has 1 aliphatic rings. The van der Waals surface area contributed by atoms with E-state index in [4.69, 9.17) is 10.3 Å². The van der Waals surface area contributed by atoms with E-state index in [0.717, 1.165) is 18.4 Å². The van der Waals surface area contributed by atoms with Crippen LogP contribution in [0.5, 0.6) is 0 Å². The van der Waals surface area contributed by atoms with Crippen LogP contribution in [0.3, 0.4) is 0 Å². The molecule has 25 heavy (non-hydrogen) atoms. The largest absolute Gasteiger partial charge is 0.368 e. The molecule has 1 fully saturated rings. The summed E-state index contributed by atoms with van der Waals surface area (Å²) < 4.78 is 4.93. The Labute approximate surface area is 146 Å². The van der Waals surface area contributed by atoms with Crippen LogP contribution >= 0.6 is 0 Å². The van der Waals surface area contributed by atoms with Crippen LogP contribution in [0.1, 0.15) is 40.7 Å². The number of rotatable bonds is 5. The lowest BCUT2D eigenvalue weighted by molar-refractivity contribution is -0.124. The Morgan fingerprint density at radius 2 is 1.96 bits per heavy atom. The summed E-state index contributed by atoms with van der Waals surface area (Å²) in [4.78, 5) is 26.2. The van der Waals surface area contributed by atoms with Crippen molar-refractivity contribution < 1.29 is 14.1 Å². The van der Waals surface area contributed by atoms with Crippen molar-refractivity contribution in [3.8, 4) is 0 Å². The fraction of sp³-hybridized carbons (Fsp3) is 0.389. The Hall–Kier alpha value is -2.67. The van der Waals surface area contributed by atoms with Gasteiger partial charge in [0.05, 0.1) is 0 Å². The third-order valence-corrected chi connectivity index (χ3v) is 4.48. The second-order valence-electron chi connectivity index (χ2n) is 6.32. The Morgan fingerprint density at radius 1 is 1.28 bits per heavy atom. The average Bonchev–Trinajstić information content (AvgIpc) is 3.04. The Kier molecular flexibility index (Phi) is 5.14. The number of amides is 2. The van der Waals surface area contributed by atoms with E-state index in [-0.39, 0.29) is 17.9 Å². The van der Waals surface area contributed by atoms with Crippen molar-refractivity contribution in [3.05, 3.63) is 53.4 Å². The molecule has 1 unspecified atom stereocenters. The minimum Gasteiger partial charge on any atom is -0.368 e. The third-order valence-electron chi connectivity index (χ3n) is 4.48. The van der Waals surface area contributed by atoms with Crippen molar-refractivity contribution in [2.45, 2.75) is 31.8 Å². The zero-order valence-corrected chi connectivity index (χ0v) is 14.1. The van der Waals surface area contributed by atoms with Crippen LogP contribution in [-0.2, 0) is 4.79 Å². The normalized spacial score (nSPS) is 17.2. The standard InChI is InChI=1S/C18H22N4O3/c1-12-11-15(21-25-12)18(24)20-14-7-9-22(10-8-14)16(17(19)23)13-5-3-2-4-6-13/h2-6,11,14,16H,7-10H2,1H3,(H2,19,23)(H,20,24). The highest BCUT2D eigenvalue weighted by Crippen LogP contribution is 2.24. The van der Waals surface area contributed by atoms with Crippen molar-refractivity contribution in [1.82, 2.24) is 15.4 Å². The van der Waals surface area contributed by atoms with Crippen LogP contribution in [-0.4, -0.2) is 41.0 Å². The van der Waals surface area contributed by atoms with Gasteiger partial charge in [0.1, 0.15) is 11.8 Å². The summed E-state index contributed by atoms with van der Waals surface area (Å²) in [6, 6.07) is 10.8. The molecule has 2 aromatic rings. The molecule has 0 bridgehead atoms. The average molecular weight is 342 g/mol. The van der Waals surface area contributed by atoms with E-state index in [1.807, 2.05) is 30.3 Å². The number of nitrogens with one attached hydrogen (secondary N) is 1. The van der Waals surface area contributed by atoms with Crippen LogP contribution in [0.2, 0.25) is 0 Å². The first-order chi connectivity index (χ1) is 12.0. The Bertz CT molecular complexity index is 736. The molecule has 1 atom stereocenters. The summed E-state index contributed by atoms with van der Waals surface area (Å²) in [5.41, 5.74) is 6.81. The maximum atomic E-state index is 12.2. The van der Waals surface area contributed by atoms with Crippen molar-refractivity contribution in [2.24, 2.45) is 5.73 Å². The lowest BCUT2D eigenvalue weighted by atomic mass is 9.98. The number of nitrogens with zero attached hydrogens (tertiary/aromatic N) is 2. The van der Waals surface area contributed by atoms with Crippen LogP contribution < -0.4 is 11.1 Å². The number of aryl methyl sites for hydroxylation is 1. The molecule has 2 heterocycles. The molecule has 1 saturated heterocycles. The zero-order chi connectivity index (χ0) is 17.8. The topological polar surface area (TPSA) is 101 Å². The Morgan fingerprint density at radius 3 is 2.52 bits per heavy atom. The molecule has 1 aromatic carbocycles. The molecule has 132 valence electrons. The maximum absolute atomic E-state index is 12.2. The van der Waals surface area contributed by atoms with Crippen molar-refractivity contribution >= 4 is 11.8 Å². The highest BCUT2D eigenvalue weighted by atomic mass is 16.5. The molecule has 0 aliphatic carbocycles. The van der Waals surface area contributed by atoms with Gasteiger partial charge < -0.3 is 15.6 Å². The summed E-state index contributed by atoms with van der Waals surface area (Å²) in [6.45, 7) is 3.12. The van der Waals surface area contributed by atoms with Gasteiger partial charge in [-0.1, -0.05) is 35.5 Å². The van der Waals surface area contributed by atoms with E-state index in [1.165, 1.54) is 0 Å². The SMILES string of the molecule is Cc1cc(C(=O)NC2CCN(C(C(N)=O)c3ccccc3)CC2)no1. The van der Waals surface area contributed by atoms with E-state index in [1.54, 1.807) is 13.0 Å². The summed E-state index contributed by atoms with van der Waals surface area (Å²) in [5.74, 6) is 0.0173. The summed E-state index contributed by atoms with van der Waals surface area (Å²) in [5, 5.41) is 6.70. The Balaban J connectivity index is 1.59. The van der Waals surface area contributed by atoms with Crippen molar-refractivity contribution in [2.75, 3.05) is 13.1 Å². The molecule has 3 N–H and O–H groups in total. The smallest absolute Gasteiger partial charge is 0.273 e. The van der Waals surface area contributed by atoms with Gasteiger partial charge in [-0.3, -0.25) is 14.5 Å².